The maximum Gasteiger partial charge on any atom is 0.262 e. The van der Waals surface area contributed by atoms with Gasteiger partial charge < -0.3 is 14.4 Å². The van der Waals surface area contributed by atoms with Crippen LogP contribution in [0.4, 0.5) is 5.69 Å². The minimum Gasteiger partial charge on any atom is -0.368 e. The van der Waals surface area contributed by atoms with Crippen LogP contribution < -0.4 is 4.90 Å². The summed E-state index contributed by atoms with van der Waals surface area (Å²) in [7, 11) is -1.83. The summed E-state index contributed by atoms with van der Waals surface area (Å²) < 4.78 is 29.0. The van der Waals surface area contributed by atoms with Crippen LogP contribution in [0.2, 0.25) is 0 Å². The lowest BCUT2D eigenvalue weighted by atomic mass is 9.96. The maximum atomic E-state index is 13.1. The van der Waals surface area contributed by atoms with Gasteiger partial charge in [-0.25, -0.2) is 13.4 Å². The Labute approximate surface area is 190 Å². The van der Waals surface area contributed by atoms with Crippen molar-refractivity contribution in [2.45, 2.75) is 38.6 Å². The number of carbonyl (C=O) groups is 1. The van der Waals surface area contributed by atoms with Gasteiger partial charge in [0, 0.05) is 64.1 Å². The van der Waals surface area contributed by atoms with Crippen molar-refractivity contribution < 1.29 is 13.2 Å². The molecule has 0 atom stereocenters. The standard InChI is InChI=1S/C23H33N5O3S/c1-17-5-6-18(2)21(15-17)26-11-13-27(14-12-26)23(29)20-7-9-28(10-8-20)32(30,31)22-16-25(4)19(3)24-22/h5-6,15-16,20H,7-14H2,1-4H3. The van der Waals surface area contributed by atoms with E-state index in [0.29, 0.717) is 44.8 Å². The first kappa shape index (κ1) is 22.8. The van der Waals surface area contributed by atoms with Crippen molar-refractivity contribution in [1.82, 2.24) is 18.8 Å². The predicted octanol–water partition coefficient (Wildman–Crippen LogP) is 2.09. The molecule has 2 saturated heterocycles. The molecule has 2 fully saturated rings. The molecule has 174 valence electrons. The van der Waals surface area contributed by atoms with Crippen molar-refractivity contribution in [1.29, 1.82) is 0 Å². The number of carbonyl (C=O) groups excluding carboxylic acids is 1. The van der Waals surface area contributed by atoms with Crippen molar-refractivity contribution in [3.8, 4) is 0 Å². The SMILES string of the molecule is Cc1ccc(C)c(N2CCN(C(=O)C3CCN(S(=O)(=O)c4cn(C)c(C)n4)CC3)CC2)c1. The highest BCUT2D eigenvalue weighted by Crippen LogP contribution is 2.27. The first-order valence-corrected chi connectivity index (χ1v) is 12.7. The molecule has 0 bridgehead atoms. The van der Waals surface area contributed by atoms with E-state index in [9.17, 15) is 13.2 Å². The van der Waals surface area contributed by atoms with Crippen LogP contribution in [0.1, 0.15) is 29.8 Å². The molecule has 0 saturated carbocycles. The Kier molecular flexibility index (Phi) is 6.31. The fraction of sp³-hybridized carbons (Fsp3) is 0.565. The molecule has 1 aromatic heterocycles. The molecule has 0 N–H and O–H groups in total. The summed E-state index contributed by atoms with van der Waals surface area (Å²) in [6.45, 7) is 9.78. The third-order valence-electron chi connectivity index (χ3n) is 6.79. The first-order chi connectivity index (χ1) is 15.2. The molecule has 1 amide bonds. The summed E-state index contributed by atoms with van der Waals surface area (Å²) in [5.74, 6) is 0.712. The van der Waals surface area contributed by atoms with E-state index in [4.69, 9.17) is 0 Å². The number of piperidine rings is 1. The molecule has 9 heteroatoms. The molecule has 32 heavy (non-hydrogen) atoms. The molecule has 0 aliphatic carbocycles. The van der Waals surface area contributed by atoms with E-state index in [0.717, 1.165) is 13.1 Å². The van der Waals surface area contributed by atoms with Crippen molar-refractivity contribution in [3.05, 3.63) is 41.3 Å². The van der Waals surface area contributed by atoms with Crippen molar-refractivity contribution >= 4 is 21.6 Å². The van der Waals surface area contributed by atoms with Gasteiger partial charge in [0.1, 0.15) is 5.82 Å². The van der Waals surface area contributed by atoms with Gasteiger partial charge in [-0.3, -0.25) is 4.79 Å². The average molecular weight is 460 g/mol. The van der Waals surface area contributed by atoms with Crippen LogP contribution in [0.3, 0.4) is 0 Å². The number of aromatic nitrogens is 2. The van der Waals surface area contributed by atoms with Crippen LogP contribution >= 0.6 is 0 Å². The summed E-state index contributed by atoms with van der Waals surface area (Å²) in [6.07, 6.45) is 2.67. The molecule has 3 heterocycles. The number of rotatable bonds is 4. The fourth-order valence-electron chi connectivity index (χ4n) is 4.61. The Morgan fingerprint density at radius 2 is 1.66 bits per heavy atom. The summed E-state index contributed by atoms with van der Waals surface area (Å²) >= 11 is 0. The van der Waals surface area contributed by atoms with Gasteiger partial charge in [0.2, 0.25) is 5.91 Å². The zero-order chi connectivity index (χ0) is 23.0. The van der Waals surface area contributed by atoms with Crippen LogP contribution in [0.5, 0.6) is 0 Å². The van der Waals surface area contributed by atoms with E-state index in [1.807, 2.05) is 4.90 Å². The maximum absolute atomic E-state index is 13.1. The first-order valence-electron chi connectivity index (χ1n) is 11.3. The Morgan fingerprint density at radius 3 is 2.25 bits per heavy atom. The molecule has 1 aromatic carbocycles. The summed E-state index contributed by atoms with van der Waals surface area (Å²) in [5, 5.41) is 0.0878. The average Bonchev–Trinajstić information content (AvgIpc) is 3.14. The van der Waals surface area contributed by atoms with Crippen LogP contribution in [-0.2, 0) is 21.9 Å². The van der Waals surface area contributed by atoms with Gasteiger partial charge in [-0.2, -0.15) is 4.31 Å². The van der Waals surface area contributed by atoms with Gasteiger partial charge in [-0.1, -0.05) is 12.1 Å². The Morgan fingerprint density at radius 1 is 1.00 bits per heavy atom. The second kappa shape index (κ2) is 8.86. The molecule has 2 aliphatic heterocycles. The lowest BCUT2D eigenvalue weighted by Gasteiger charge is -2.39. The normalized spacial score (nSPS) is 18.9. The summed E-state index contributed by atoms with van der Waals surface area (Å²) in [4.78, 5) is 21.6. The van der Waals surface area contributed by atoms with Crippen LogP contribution in [0.15, 0.2) is 29.4 Å². The third kappa shape index (κ3) is 4.41. The zero-order valence-corrected chi connectivity index (χ0v) is 20.2. The van der Waals surface area contributed by atoms with Gasteiger partial charge in [0.25, 0.3) is 10.0 Å². The number of nitrogens with zero attached hydrogens (tertiary/aromatic N) is 5. The van der Waals surface area contributed by atoms with E-state index >= 15 is 0 Å². The molecule has 8 nitrogen and oxygen atoms in total. The van der Waals surface area contributed by atoms with E-state index in [2.05, 4.69) is 41.9 Å². The molecule has 0 spiro atoms. The number of hydrogen-bond donors (Lipinski definition) is 0. The van der Waals surface area contributed by atoms with Gasteiger partial charge in [0.15, 0.2) is 5.03 Å². The minimum absolute atomic E-state index is 0.0878. The molecular weight excluding hydrogens is 426 g/mol. The number of benzene rings is 1. The highest BCUT2D eigenvalue weighted by Gasteiger charge is 2.35. The molecular formula is C23H33N5O3S. The molecule has 0 radical (unpaired) electrons. The summed E-state index contributed by atoms with van der Waals surface area (Å²) in [6, 6.07) is 6.49. The molecule has 2 aromatic rings. The Hall–Kier alpha value is -2.39. The second-order valence-corrected chi connectivity index (χ2v) is 10.9. The second-order valence-electron chi connectivity index (χ2n) is 9.02. The molecule has 4 rings (SSSR count). The number of amides is 1. The van der Waals surface area contributed by atoms with E-state index in [1.165, 1.54) is 21.1 Å². The minimum atomic E-state index is -3.61. The van der Waals surface area contributed by atoms with Gasteiger partial charge in [0.05, 0.1) is 0 Å². The van der Waals surface area contributed by atoms with Crippen molar-refractivity contribution in [2.24, 2.45) is 13.0 Å². The lowest BCUT2D eigenvalue weighted by Crippen LogP contribution is -2.52. The lowest BCUT2D eigenvalue weighted by molar-refractivity contribution is -0.137. The molecule has 2 aliphatic rings. The number of aryl methyl sites for hydroxylation is 4. The van der Waals surface area contributed by atoms with Gasteiger partial charge >= 0.3 is 0 Å². The Balaban J connectivity index is 1.33. The van der Waals surface area contributed by atoms with Crippen LogP contribution in [0, 0.1) is 26.7 Å². The van der Waals surface area contributed by atoms with E-state index in [1.54, 1.807) is 24.7 Å². The fourth-order valence-corrected chi connectivity index (χ4v) is 6.11. The predicted molar refractivity (Wildman–Crippen MR) is 124 cm³/mol. The molecule has 0 unspecified atom stereocenters. The quantitative estimate of drug-likeness (QED) is 0.700. The van der Waals surface area contributed by atoms with E-state index in [-0.39, 0.29) is 16.9 Å². The van der Waals surface area contributed by atoms with Crippen LogP contribution in [0.25, 0.3) is 0 Å². The largest absolute Gasteiger partial charge is 0.368 e. The van der Waals surface area contributed by atoms with Crippen LogP contribution in [-0.4, -0.2) is 72.3 Å². The van der Waals surface area contributed by atoms with Crippen molar-refractivity contribution in [2.75, 3.05) is 44.2 Å². The third-order valence-corrected chi connectivity index (χ3v) is 8.56. The van der Waals surface area contributed by atoms with Gasteiger partial charge in [-0.05, 0) is 50.8 Å². The van der Waals surface area contributed by atoms with Crippen molar-refractivity contribution in [3.63, 3.8) is 0 Å². The number of anilines is 1. The topological polar surface area (TPSA) is 78.8 Å². The highest BCUT2D eigenvalue weighted by molar-refractivity contribution is 7.89. The number of piperazine rings is 1. The highest BCUT2D eigenvalue weighted by atomic mass is 32.2. The van der Waals surface area contributed by atoms with Gasteiger partial charge in [-0.15, -0.1) is 0 Å². The van der Waals surface area contributed by atoms with E-state index < -0.39 is 10.0 Å². The zero-order valence-electron chi connectivity index (χ0n) is 19.4. The Bertz CT molecular complexity index is 1080. The number of hydrogen-bond acceptors (Lipinski definition) is 5. The summed E-state index contributed by atoms with van der Waals surface area (Å²) in [5.41, 5.74) is 3.75. The number of sulfonamides is 1. The number of imidazole rings is 1. The monoisotopic (exact) mass is 459 g/mol. The smallest absolute Gasteiger partial charge is 0.262 e.